The number of anilines is 2. The minimum atomic E-state index is -1.08. The van der Waals surface area contributed by atoms with E-state index in [9.17, 15) is 15.0 Å². The van der Waals surface area contributed by atoms with Gasteiger partial charge in [0.05, 0.1) is 11.4 Å². The van der Waals surface area contributed by atoms with Gasteiger partial charge in [0.1, 0.15) is 18.5 Å². The van der Waals surface area contributed by atoms with E-state index in [0.29, 0.717) is 29.7 Å². The number of H-pyrrole nitrogens is 1. The second-order valence-electron chi connectivity index (χ2n) is 6.86. The molecule has 28 heavy (non-hydrogen) atoms. The summed E-state index contributed by atoms with van der Waals surface area (Å²) in [4.78, 5) is 16.2. The van der Waals surface area contributed by atoms with Gasteiger partial charge in [0.25, 0.3) is 0 Å². The molecule has 1 heterocycles. The Labute approximate surface area is 163 Å². The number of hydrogen-bond acceptors (Lipinski definition) is 4. The van der Waals surface area contributed by atoms with Crippen molar-refractivity contribution in [2.45, 2.75) is 26.0 Å². The van der Waals surface area contributed by atoms with Crippen LogP contribution in [0, 0.1) is 0 Å². The molecule has 7 nitrogen and oxygen atoms in total. The molecule has 4 N–H and O–H groups in total. The topological polar surface area (TPSA) is 97.8 Å². The number of carboxylic acid groups (broad SMARTS) is 1. The van der Waals surface area contributed by atoms with E-state index in [1.54, 1.807) is 30.5 Å². The average molecular weight is 383 g/mol. The Bertz CT molecular complexity index is 921. The largest absolute Gasteiger partial charge is 0.491 e. The van der Waals surface area contributed by atoms with Crippen LogP contribution >= 0.6 is 0 Å². The first-order valence-corrected chi connectivity index (χ1v) is 9.19. The molecule has 0 aliphatic heterocycles. The summed E-state index contributed by atoms with van der Waals surface area (Å²) in [5.41, 5.74) is 1.94. The van der Waals surface area contributed by atoms with Gasteiger partial charge < -0.3 is 25.3 Å². The lowest BCUT2D eigenvalue weighted by atomic mass is 10.2. The maximum Gasteiger partial charge on any atom is 0.416 e. The summed E-state index contributed by atoms with van der Waals surface area (Å²) in [6, 6.07) is 14.6. The van der Waals surface area contributed by atoms with Crippen LogP contribution in [0.4, 0.5) is 16.2 Å². The summed E-state index contributed by atoms with van der Waals surface area (Å²) in [5, 5.41) is 23.6. The van der Waals surface area contributed by atoms with Crippen LogP contribution in [0.3, 0.4) is 0 Å². The number of rotatable bonds is 8. The van der Waals surface area contributed by atoms with Gasteiger partial charge in [-0.25, -0.2) is 9.69 Å². The van der Waals surface area contributed by atoms with Crippen molar-refractivity contribution in [3.63, 3.8) is 0 Å². The lowest BCUT2D eigenvalue weighted by Gasteiger charge is -2.19. The molecular weight excluding hydrogens is 358 g/mol. The number of hydrogen-bond donors (Lipinski definition) is 4. The number of aliphatic hydroxyl groups is 1. The maximum atomic E-state index is 11.9. The molecule has 148 valence electrons. The van der Waals surface area contributed by atoms with Crippen LogP contribution in [0.15, 0.2) is 54.7 Å². The zero-order chi connectivity index (χ0) is 20.1. The monoisotopic (exact) mass is 383 g/mol. The van der Waals surface area contributed by atoms with Crippen molar-refractivity contribution in [1.29, 1.82) is 0 Å². The van der Waals surface area contributed by atoms with Gasteiger partial charge in [0, 0.05) is 29.7 Å². The number of ether oxygens (including phenoxy) is 1. The fourth-order valence-corrected chi connectivity index (χ4v) is 2.91. The SMILES string of the molecule is CC(C)NCC(O)COc1ccc(N(C(=O)O)c2c[nH]c3ccccc23)cc1. The molecule has 0 aliphatic carbocycles. The molecule has 0 aliphatic rings. The highest BCUT2D eigenvalue weighted by Gasteiger charge is 2.20. The van der Waals surface area contributed by atoms with E-state index in [1.807, 2.05) is 38.1 Å². The minimum Gasteiger partial charge on any atom is -0.491 e. The Balaban J connectivity index is 1.72. The van der Waals surface area contributed by atoms with Gasteiger partial charge >= 0.3 is 6.09 Å². The molecule has 0 bridgehead atoms. The number of para-hydroxylation sites is 1. The number of aromatic nitrogens is 1. The molecule has 2 aromatic carbocycles. The van der Waals surface area contributed by atoms with E-state index in [2.05, 4.69) is 10.3 Å². The number of aliphatic hydroxyl groups excluding tert-OH is 1. The van der Waals surface area contributed by atoms with Gasteiger partial charge in [-0.15, -0.1) is 0 Å². The van der Waals surface area contributed by atoms with E-state index < -0.39 is 12.2 Å². The summed E-state index contributed by atoms with van der Waals surface area (Å²) >= 11 is 0. The Morgan fingerprint density at radius 1 is 1.18 bits per heavy atom. The standard InChI is InChI=1S/C21H25N3O4/c1-14(2)22-11-16(25)13-28-17-9-7-15(8-10-17)24(21(26)27)20-12-23-19-6-4-3-5-18(19)20/h3-10,12,14,16,22-23,25H,11,13H2,1-2H3,(H,26,27). The summed E-state index contributed by atoms with van der Waals surface area (Å²) in [6.07, 6.45) is -0.0150. The molecule has 1 aromatic heterocycles. The molecule has 1 unspecified atom stereocenters. The Kier molecular flexibility index (Phi) is 6.18. The van der Waals surface area contributed by atoms with Crippen molar-refractivity contribution in [1.82, 2.24) is 10.3 Å². The Morgan fingerprint density at radius 2 is 1.89 bits per heavy atom. The van der Waals surface area contributed by atoms with Crippen LogP contribution in [0.1, 0.15) is 13.8 Å². The number of carbonyl (C=O) groups is 1. The number of amides is 1. The van der Waals surface area contributed by atoms with E-state index in [0.717, 1.165) is 10.9 Å². The fraction of sp³-hybridized carbons (Fsp3) is 0.286. The molecule has 0 radical (unpaired) electrons. The van der Waals surface area contributed by atoms with Crippen LogP contribution in [-0.2, 0) is 0 Å². The first kappa shape index (κ1) is 19.7. The zero-order valence-corrected chi connectivity index (χ0v) is 15.9. The van der Waals surface area contributed by atoms with Crippen molar-refractivity contribution in [3.8, 4) is 5.75 Å². The van der Waals surface area contributed by atoms with Gasteiger partial charge in [-0.05, 0) is 30.3 Å². The molecule has 1 atom stereocenters. The highest BCUT2D eigenvalue weighted by Crippen LogP contribution is 2.33. The van der Waals surface area contributed by atoms with Crippen molar-refractivity contribution >= 4 is 28.4 Å². The lowest BCUT2D eigenvalue weighted by molar-refractivity contribution is 0.104. The summed E-state index contributed by atoms with van der Waals surface area (Å²) in [6.45, 7) is 4.62. The van der Waals surface area contributed by atoms with Crippen LogP contribution < -0.4 is 15.0 Å². The zero-order valence-electron chi connectivity index (χ0n) is 15.9. The van der Waals surface area contributed by atoms with E-state index >= 15 is 0 Å². The van der Waals surface area contributed by atoms with Gasteiger partial charge in [0.15, 0.2) is 0 Å². The highest BCUT2D eigenvalue weighted by molar-refractivity contribution is 6.05. The van der Waals surface area contributed by atoms with Crippen LogP contribution in [0.25, 0.3) is 10.9 Å². The smallest absolute Gasteiger partial charge is 0.416 e. The van der Waals surface area contributed by atoms with Crippen molar-refractivity contribution in [2.24, 2.45) is 0 Å². The first-order valence-electron chi connectivity index (χ1n) is 9.19. The molecule has 0 saturated carbocycles. The van der Waals surface area contributed by atoms with Crippen LogP contribution in [0.5, 0.6) is 5.75 Å². The number of fused-ring (bicyclic) bond motifs is 1. The molecular formula is C21H25N3O4. The lowest BCUT2D eigenvalue weighted by Crippen LogP contribution is -2.35. The molecule has 3 aromatic rings. The summed E-state index contributed by atoms with van der Waals surface area (Å²) in [5.74, 6) is 0.566. The molecule has 7 heteroatoms. The molecule has 3 rings (SSSR count). The third-order valence-corrected chi connectivity index (χ3v) is 4.30. The predicted octanol–water partition coefficient (Wildman–Crippen LogP) is 3.72. The van der Waals surface area contributed by atoms with Crippen LogP contribution in [0.2, 0.25) is 0 Å². The van der Waals surface area contributed by atoms with E-state index in [4.69, 9.17) is 4.74 Å². The third-order valence-electron chi connectivity index (χ3n) is 4.30. The van der Waals surface area contributed by atoms with Gasteiger partial charge in [0.2, 0.25) is 0 Å². The average Bonchev–Trinajstić information content (AvgIpc) is 3.09. The fourth-order valence-electron chi connectivity index (χ4n) is 2.91. The summed E-state index contributed by atoms with van der Waals surface area (Å²) in [7, 11) is 0. The van der Waals surface area contributed by atoms with Crippen molar-refractivity contribution in [3.05, 3.63) is 54.7 Å². The summed E-state index contributed by atoms with van der Waals surface area (Å²) < 4.78 is 5.59. The maximum absolute atomic E-state index is 11.9. The predicted molar refractivity (Wildman–Crippen MR) is 110 cm³/mol. The van der Waals surface area contributed by atoms with Crippen molar-refractivity contribution < 1.29 is 19.7 Å². The molecule has 0 fully saturated rings. The van der Waals surface area contributed by atoms with Gasteiger partial charge in [-0.2, -0.15) is 0 Å². The first-order chi connectivity index (χ1) is 13.5. The minimum absolute atomic E-state index is 0.157. The second kappa shape index (κ2) is 8.77. The molecule has 0 saturated heterocycles. The number of benzene rings is 2. The van der Waals surface area contributed by atoms with Gasteiger partial charge in [-0.1, -0.05) is 32.0 Å². The molecule has 1 amide bonds. The van der Waals surface area contributed by atoms with Crippen LogP contribution in [-0.4, -0.2) is 46.6 Å². The van der Waals surface area contributed by atoms with Gasteiger partial charge in [-0.3, -0.25) is 0 Å². The normalized spacial score (nSPS) is 12.3. The van der Waals surface area contributed by atoms with Crippen molar-refractivity contribution in [2.75, 3.05) is 18.1 Å². The number of aromatic amines is 1. The highest BCUT2D eigenvalue weighted by atomic mass is 16.5. The van der Waals surface area contributed by atoms with E-state index in [-0.39, 0.29) is 6.61 Å². The molecule has 0 spiro atoms. The third kappa shape index (κ3) is 4.62. The Hall–Kier alpha value is -3.03. The van der Waals surface area contributed by atoms with E-state index in [1.165, 1.54) is 4.90 Å². The quantitative estimate of drug-likeness (QED) is 0.475. The Morgan fingerprint density at radius 3 is 2.57 bits per heavy atom. The second-order valence-corrected chi connectivity index (χ2v) is 6.86. The number of nitrogens with zero attached hydrogens (tertiary/aromatic N) is 1. The number of nitrogens with one attached hydrogen (secondary N) is 2.